The van der Waals surface area contributed by atoms with Gasteiger partial charge < -0.3 is 10.3 Å². The Morgan fingerprint density at radius 1 is 1.22 bits per heavy atom. The largest absolute Gasteiger partial charge is 0.361 e. The molecular formula is C16H22N2. The third-order valence-corrected chi connectivity index (χ3v) is 4.10. The number of rotatable bonds is 2. The van der Waals surface area contributed by atoms with E-state index in [1.54, 1.807) is 0 Å². The number of aromatic nitrogens is 1. The third-order valence-electron chi connectivity index (χ3n) is 4.10. The van der Waals surface area contributed by atoms with Crippen molar-refractivity contribution in [3.8, 4) is 0 Å². The molecule has 0 spiro atoms. The standard InChI is InChI=1S/C16H22N2/c1-11-7-12(2)16-15(8-11)13(10-18-16)9-14-5-3-4-6-17-14/h7-8,10,14,17-18H,3-6,9H2,1-2H3. The summed E-state index contributed by atoms with van der Waals surface area (Å²) in [5.74, 6) is 0. The summed E-state index contributed by atoms with van der Waals surface area (Å²) in [5, 5.41) is 5.05. The molecule has 0 radical (unpaired) electrons. The minimum Gasteiger partial charge on any atom is -0.361 e. The number of aryl methyl sites for hydroxylation is 2. The molecule has 1 aromatic heterocycles. The molecule has 2 heteroatoms. The van der Waals surface area contributed by atoms with Crippen LogP contribution >= 0.6 is 0 Å². The fourth-order valence-corrected chi connectivity index (χ4v) is 3.18. The second-order valence-corrected chi connectivity index (χ2v) is 5.67. The van der Waals surface area contributed by atoms with Crippen LogP contribution in [0.1, 0.15) is 36.0 Å². The Hall–Kier alpha value is -1.28. The molecule has 18 heavy (non-hydrogen) atoms. The smallest absolute Gasteiger partial charge is 0.0486 e. The Balaban J connectivity index is 1.92. The van der Waals surface area contributed by atoms with Gasteiger partial charge in [0.25, 0.3) is 0 Å². The van der Waals surface area contributed by atoms with Crippen LogP contribution in [0.2, 0.25) is 0 Å². The SMILES string of the molecule is Cc1cc(C)c2[nH]cc(CC3CCCCN3)c2c1. The van der Waals surface area contributed by atoms with Gasteiger partial charge in [0.15, 0.2) is 0 Å². The fraction of sp³-hybridized carbons (Fsp3) is 0.500. The van der Waals surface area contributed by atoms with Crippen molar-refractivity contribution in [2.45, 2.75) is 45.6 Å². The van der Waals surface area contributed by atoms with Crippen LogP contribution in [0.15, 0.2) is 18.3 Å². The van der Waals surface area contributed by atoms with E-state index in [9.17, 15) is 0 Å². The van der Waals surface area contributed by atoms with Gasteiger partial charge in [0.05, 0.1) is 0 Å². The molecule has 1 aliphatic rings. The van der Waals surface area contributed by atoms with Gasteiger partial charge in [0.2, 0.25) is 0 Å². The average molecular weight is 242 g/mol. The highest BCUT2D eigenvalue weighted by Gasteiger charge is 2.15. The normalized spacial score (nSPS) is 20.4. The highest BCUT2D eigenvalue weighted by molar-refractivity contribution is 5.86. The van der Waals surface area contributed by atoms with Crippen molar-refractivity contribution in [1.29, 1.82) is 0 Å². The maximum Gasteiger partial charge on any atom is 0.0486 e. The van der Waals surface area contributed by atoms with E-state index in [0.29, 0.717) is 6.04 Å². The third kappa shape index (κ3) is 2.17. The molecule has 1 atom stereocenters. The zero-order chi connectivity index (χ0) is 12.5. The van der Waals surface area contributed by atoms with Crippen molar-refractivity contribution in [3.63, 3.8) is 0 Å². The monoisotopic (exact) mass is 242 g/mol. The number of H-pyrrole nitrogens is 1. The molecule has 2 heterocycles. The number of piperidine rings is 1. The van der Waals surface area contributed by atoms with E-state index in [-0.39, 0.29) is 0 Å². The lowest BCUT2D eigenvalue weighted by Gasteiger charge is -2.23. The molecule has 0 amide bonds. The maximum atomic E-state index is 3.64. The lowest BCUT2D eigenvalue weighted by atomic mass is 9.96. The fourth-order valence-electron chi connectivity index (χ4n) is 3.18. The molecule has 1 fully saturated rings. The molecule has 96 valence electrons. The molecule has 1 unspecified atom stereocenters. The number of benzene rings is 1. The maximum absolute atomic E-state index is 3.64. The van der Waals surface area contributed by atoms with Crippen molar-refractivity contribution in [2.24, 2.45) is 0 Å². The minimum atomic E-state index is 0.665. The summed E-state index contributed by atoms with van der Waals surface area (Å²) in [6.07, 6.45) is 7.38. The summed E-state index contributed by atoms with van der Waals surface area (Å²) in [6.45, 7) is 5.56. The molecule has 2 aromatic rings. The number of hydrogen-bond acceptors (Lipinski definition) is 1. The van der Waals surface area contributed by atoms with E-state index < -0.39 is 0 Å². The Labute approximate surface area is 109 Å². The van der Waals surface area contributed by atoms with E-state index in [1.807, 2.05) is 0 Å². The molecule has 1 aromatic carbocycles. The quantitative estimate of drug-likeness (QED) is 0.829. The topological polar surface area (TPSA) is 27.8 Å². The van der Waals surface area contributed by atoms with Gasteiger partial charge in [-0.15, -0.1) is 0 Å². The van der Waals surface area contributed by atoms with E-state index in [0.717, 1.165) is 6.42 Å². The van der Waals surface area contributed by atoms with Gasteiger partial charge in [0.1, 0.15) is 0 Å². The summed E-state index contributed by atoms with van der Waals surface area (Å²) >= 11 is 0. The second-order valence-electron chi connectivity index (χ2n) is 5.67. The first-order valence-electron chi connectivity index (χ1n) is 7.04. The van der Waals surface area contributed by atoms with Crippen LogP contribution in [0, 0.1) is 13.8 Å². The molecular weight excluding hydrogens is 220 g/mol. The number of aromatic amines is 1. The number of nitrogens with one attached hydrogen (secondary N) is 2. The van der Waals surface area contributed by atoms with Gasteiger partial charge in [-0.2, -0.15) is 0 Å². The Morgan fingerprint density at radius 3 is 2.89 bits per heavy atom. The van der Waals surface area contributed by atoms with Crippen molar-refractivity contribution in [1.82, 2.24) is 10.3 Å². The Bertz CT molecular complexity index is 547. The summed E-state index contributed by atoms with van der Waals surface area (Å²) in [7, 11) is 0. The van der Waals surface area contributed by atoms with E-state index in [2.05, 4.69) is 42.5 Å². The highest BCUT2D eigenvalue weighted by Crippen LogP contribution is 2.25. The van der Waals surface area contributed by atoms with Crippen molar-refractivity contribution >= 4 is 10.9 Å². The first kappa shape index (κ1) is 11.8. The molecule has 0 aliphatic carbocycles. The first-order chi connectivity index (χ1) is 8.74. The molecule has 2 N–H and O–H groups in total. The second kappa shape index (κ2) is 4.77. The Kier molecular flexibility index (Phi) is 3.13. The molecule has 3 rings (SSSR count). The molecule has 2 nitrogen and oxygen atoms in total. The molecule has 1 aliphatic heterocycles. The molecule has 1 saturated heterocycles. The van der Waals surface area contributed by atoms with Crippen LogP contribution in [0.4, 0.5) is 0 Å². The van der Waals surface area contributed by atoms with Crippen molar-refractivity contribution in [3.05, 3.63) is 35.0 Å². The predicted octanol–water partition coefficient (Wildman–Crippen LogP) is 3.47. The van der Waals surface area contributed by atoms with Crippen LogP contribution in [0.3, 0.4) is 0 Å². The first-order valence-corrected chi connectivity index (χ1v) is 7.04. The van der Waals surface area contributed by atoms with E-state index in [4.69, 9.17) is 0 Å². The van der Waals surface area contributed by atoms with Crippen molar-refractivity contribution < 1.29 is 0 Å². The average Bonchev–Trinajstić information content (AvgIpc) is 2.74. The number of fused-ring (bicyclic) bond motifs is 1. The zero-order valence-electron chi connectivity index (χ0n) is 11.3. The highest BCUT2D eigenvalue weighted by atomic mass is 14.9. The van der Waals surface area contributed by atoms with E-state index in [1.165, 1.54) is 53.4 Å². The summed E-state index contributed by atoms with van der Waals surface area (Å²) in [5.41, 5.74) is 5.49. The Morgan fingerprint density at radius 2 is 2.11 bits per heavy atom. The lowest BCUT2D eigenvalue weighted by Crippen LogP contribution is -2.35. The van der Waals surface area contributed by atoms with E-state index >= 15 is 0 Å². The molecule has 0 saturated carbocycles. The minimum absolute atomic E-state index is 0.665. The predicted molar refractivity (Wildman–Crippen MR) is 77.1 cm³/mol. The van der Waals surface area contributed by atoms with Crippen LogP contribution < -0.4 is 5.32 Å². The van der Waals surface area contributed by atoms with Crippen LogP contribution in [-0.4, -0.2) is 17.6 Å². The van der Waals surface area contributed by atoms with Crippen LogP contribution in [0.5, 0.6) is 0 Å². The van der Waals surface area contributed by atoms with Crippen LogP contribution in [-0.2, 0) is 6.42 Å². The van der Waals surface area contributed by atoms with Gasteiger partial charge in [-0.25, -0.2) is 0 Å². The zero-order valence-corrected chi connectivity index (χ0v) is 11.3. The molecule has 0 bridgehead atoms. The van der Waals surface area contributed by atoms with Crippen LogP contribution in [0.25, 0.3) is 10.9 Å². The summed E-state index contributed by atoms with van der Waals surface area (Å²) in [6, 6.07) is 5.23. The van der Waals surface area contributed by atoms with Gasteiger partial charge >= 0.3 is 0 Å². The van der Waals surface area contributed by atoms with Gasteiger partial charge in [-0.05, 0) is 56.8 Å². The van der Waals surface area contributed by atoms with Gasteiger partial charge in [0, 0.05) is 23.1 Å². The summed E-state index contributed by atoms with van der Waals surface area (Å²) < 4.78 is 0. The van der Waals surface area contributed by atoms with Crippen molar-refractivity contribution in [2.75, 3.05) is 6.54 Å². The number of hydrogen-bond donors (Lipinski definition) is 2. The summed E-state index contributed by atoms with van der Waals surface area (Å²) in [4.78, 5) is 3.45. The lowest BCUT2D eigenvalue weighted by molar-refractivity contribution is 0.400. The van der Waals surface area contributed by atoms with Gasteiger partial charge in [-0.1, -0.05) is 18.1 Å². The van der Waals surface area contributed by atoms with Gasteiger partial charge in [-0.3, -0.25) is 0 Å².